The minimum absolute atomic E-state index is 0.642. The van der Waals surface area contributed by atoms with E-state index in [1.54, 1.807) is 6.07 Å². The Labute approximate surface area is 174 Å². The Morgan fingerprint density at radius 3 is 2.69 bits per heavy atom. The topological polar surface area (TPSA) is 54.5 Å². The lowest BCUT2D eigenvalue weighted by atomic mass is 10.0. The Morgan fingerprint density at radius 2 is 2.00 bits per heavy atom. The van der Waals surface area contributed by atoms with E-state index in [2.05, 4.69) is 41.3 Å². The van der Waals surface area contributed by atoms with E-state index in [0.29, 0.717) is 17.4 Å². The molecule has 1 saturated heterocycles. The SMILES string of the molecule is Cc1ccc(NCC2CCCCN2C)nc1.O=Cc1ccccc1OCC1CC1. The molecule has 1 N–H and O–H groups in total. The van der Waals surface area contributed by atoms with E-state index in [9.17, 15) is 4.79 Å². The molecule has 1 aromatic carbocycles. The monoisotopic (exact) mass is 395 g/mol. The number of pyridine rings is 1. The van der Waals surface area contributed by atoms with Crippen LogP contribution in [0.4, 0.5) is 5.82 Å². The number of aryl methyl sites for hydroxylation is 1. The summed E-state index contributed by atoms with van der Waals surface area (Å²) in [6.07, 6.45) is 9.28. The van der Waals surface area contributed by atoms with Gasteiger partial charge in [0.25, 0.3) is 0 Å². The summed E-state index contributed by atoms with van der Waals surface area (Å²) in [6, 6.07) is 12.2. The molecule has 1 atom stereocenters. The third kappa shape index (κ3) is 7.17. The molecule has 0 bridgehead atoms. The number of aldehydes is 1. The molecule has 1 unspecified atom stereocenters. The zero-order valence-electron chi connectivity index (χ0n) is 17.6. The maximum Gasteiger partial charge on any atom is 0.153 e. The van der Waals surface area contributed by atoms with E-state index in [1.165, 1.54) is 44.2 Å². The summed E-state index contributed by atoms with van der Waals surface area (Å²) in [6.45, 7) is 5.05. The molecule has 156 valence electrons. The Kier molecular flexibility index (Phi) is 8.05. The van der Waals surface area contributed by atoms with Crippen molar-refractivity contribution in [1.29, 1.82) is 0 Å². The summed E-state index contributed by atoms with van der Waals surface area (Å²) < 4.78 is 5.52. The number of para-hydroxylation sites is 1. The van der Waals surface area contributed by atoms with Crippen molar-refractivity contribution in [3.63, 3.8) is 0 Å². The molecule has 1 saturated carbocycles. The van der Waals surface area contributed by atoms with Gasteiger partial charge in [-0.1, -0.05) is 24.6 Å². The largest absolute Gasteiger partial charge is 0.493 e. The van der Waals surface area contributed by atoms with Crippen molar-refractivity contribution in [2.75, 3.05) is 32.1 Å². The number of nitrogens with one attached hydrogen (secondary N) is 1. The van der Waals surface area contributed by atoms with Gasteiger partial charge in [-0.2, -0.15) is 0 Å². The van der Waals surface area contributed by atoms with Crippen LogP contribution in [0.2, 0.25) is 0 Å². The second-order valence-electron chi connectivity index (χ2n) is 8.14. The predicted molar refractivity (Wildman–Crippen MR) is 118 cm³/mol. The van der Waals surface area contributed by atoms with Gasteiger partial charge >= 0.3 is 0 Å². The number of hydrogen-bond acceptors (Lipinski definition) is 5. The molecular formula is C24H33N3O2. The number of aromatic nitrogens is 1. The molecule has 5 nitrogen and oxygen atoms in total. The van der Waals surface area contributed by atoms with Crippen LogP contribution in [0.5, 0.6) is 5.75 Å². The highest BCUT2D eigenvalue weighted by Gasteiger charge is 2.22. The lowest BCUT2D eigenvalue weighted by Gasteiger charge is -2.32. The molecule has 29 heavy (non-hydrogen) atoms. The average molecular weight is 396 g/mol. The number of nitrogens with zero attached hydrogens (tertiary/aromatic N) is 2. The molecule has 0 radical (unpaired) electrons. The molecule has 1 aliphatic heterocycles. The van der Waals surface area contributed by atoms with E-state index >= 15 is 0 Å². The molecule has 2 aliphatic rings. The zero-order valence-corrected chi connectivity index (χ0v) is 17.6. The van der Waals surface area contributed by atoms with Gasteiger partial charge in [-0.05, 0) is 75.9 Å². The number of likely N-dealkylation sites (N-methyl/N-ethyl adjacent to an activating group) is 1. The molecule has 5 heteroatoms. The molecule has 4 rings (SSSR count). The Morgan fingerprint density at radius 1 is 1.17 bits per heavy atom. The van der Waals surface area contributed by atoms with E-state index in [4.69, 9.17) is 4.74 Å². The van der Waals surface area contributed by atoms with Crippen molar-refractivity contribution < 1.29 is 9.53 Å². The number of piperidine rings is 1. The lowest BCUT2D eigenvalue weighted by molar-refractivity contribution is 0.111. The smallest absolute Gasteiger partial charge is 0.153 e. The van der Waals surface area contributed by atoms with E-state index in [0.717, 1.165) is 31.2 Å². The Balaban J connectivity index is 0.000000169. The standard InChI is InChI=1S/C13H21N3.C11H12O2/c1-11-6-7-13(14-9-11)15-10-12-5-3-4-8-16(12)2;12-7-10-3-1-2-4-11(10)13-8-9-5-6-9/h6-7,9,12H,3-5,8,10H2,1-2H3,(H,14,15);1-4,7,9H,5-6,8H2. The van der Waals surface area contributed by atoms with Gasteiger partial charge < -0.3 is 15.0 Å². The average Bonchev–Trinajstić information content (AvgIpc) is 3.58. The summed E-state index contributed by atoms with van der Waals surface area (Å²) in [7, 11) is 2.22. The van der Waals surface area contributed by atoms with Gasteiger partial charge in [0.2, 0.25) is 0 Å². The molecular weight excluding hydrogens is 362 g/mol. The van der Waals surface area contributed by atoms with Gasteiger partial charge in [0.05, 0.1) is 12.2 Å². The van der Waals surface area contributed by atoms with Crippen molar-refractivity contribution in [2.24, 2.45) is 5.92 Å². The number of hydrogen-bond donors (Lipinski definition) is 1. The van der Waals surface area contributed by atoms with Crippen molar-refractivity contribution in [1.82, 2.24) is 9.88 Å². The van der Waals surface area contributed by atoms with Crippen molar-refractivity contribution in [2.45, 2.75) is 45.1 Å². The van der Waals surface area contributed by atoms with E-state index in [1.807, 2.05) is 24.4 Å². The first-order chi connectivity index (χ1) is 14.2. The molecule has 1 aliphatic carbocycles. The van der Waals surface area contributed by atoms with Gasteiger partial charge in [0, 0.05) is 18.8 Å². The normalized spacial score (nSPS) is 19.0. The van der Waals surface area contributed by atoms with E-state index in [-0.39, 0.29) is 0 Å². The minimum Gasteiger partial charge on any atom is -0.493 e. The molecule has 1 aromatic heterocycles. The van der Waals surface area contributed by atoms with Crippen LogP contribution >= 0.6 is 0 Å². The summed E-state index contributed by atoms with van der Waals surface area (Å²) in [5.41, 5.74) is 1.85. The zero-order chi connectivity index (χ0) is 20.5. The number of ether oxygens (including phenoxy) is 1. The number of anilines is 1. The molecule has 2 aromatic rings. The number of likely N-dealkylation sites (tertiary alicyclic amines) is 1. The minimum atomic E-state index is 0.642. The van der Waals surface area contributed by atoms with Gasteiger partial charge in [-0.3, -0.25) is 4.79 Å². The first kappa shape index (κ1) is 21.3. The summed E-state index contributed by atoms with van der Waals surface area (Å²) in [5.74, 6) is 2.42. The van der Waals surface area contributed by atoms with Gasteiger partial charge in [-0.25, -0.2) is 4.98 Å². The van der Waals surface area contributed by atoms with Crippen LogP contribution in [-0.4, -0.2) is 49.0 Å². The fourth-order valence-electron chi connectivity index (χ4n) is 3.40. The van der Waals surface area contributed by atoms with Crippen LogP contribution in [0.25, 0.3) is 0 Å². The molecule has 0 amide bonds. The second-order valence-corrected chi connectivity index (χ2v) is 8.14. The Bertz CT molecular complexity index is 759. The third-order valence-corrected chi connectivity index (χ3v) is 5.57. The van der Waals surface area contributed by atoms with Crippen molar-refractivity contribution in [3.8, 4) is 5.75 Å². The van der Waals surface area contributed by atoms with Crippen LogP contribution < -0.4 is 10.1 Å². The lowest BCUT2D eigenvalue weighted by Crippen LogP contribution is -2.40. The van der Waals surface area contributed by atoms with Crippen LogP contribution in [0, 0.1) is 12.8 Å². The highest BCUT2D eigenvalue weighted by molar-refractivity contribution is 5.79. The fourth-order valence-corrected chi connectivity index (χ4v) is 3.40. The quantitative estimate of drug-likeness (QED) is 0.696. The van der Waals surface area contributed by atoms with Crippen molar-refractivity contribution in [3.05, 3.63) is 53.7 Å². The molecule has 2 heterocycles. The van der Waals surface area contributed by atoms with Gasteiger partial charge in [0.15, 0.2) is 6.29 Å². The summed E-state index contributed by atoms with van der Waals surface area (Å²) >= 11 is 0. The highest BCUT2D eigenvalue weighted by atomic mass is 16.5. The van der Waals surface area contributed by atoms with Crippen LogP contribution in [-0.2, 0) is 0 Å². The maximum atomic E-state index is 10.6. The first-order valence-corrected chi connectivity index (χ1v) is 10.7. The first-order valence-electron chi connectivity index (χ1n) is 10.7. The molecule has 0 spiro atoms. The van der Waals surface area contributed by atoms with Crippen LogP contribution in [0.1, 0.15) is 48.0 Å². The number of carbonyl (C=O) groups excluding carboxylic acids is 1. The van der Waals surface area contributed by atoms with Crippen LogP contribution in [0.3, 0.4) is 0 Å². The van der Waals surface area contributed by atoms with Crippen LogP contribution in [0.15, 0.2) is 42.6 Å². The summed E-state index contributed by atoms with van der Waals surface area (Å²) in [5, 5.41) is 3.42. The third-order valence-electron chi connectivity index (χ3n) is 5.57. The summed E-state index contributed by atoms with van der Waals surface area (Å²) in [4.78, 5) is 17.4. The van der Waals surface area contributed by atoms with E-state index < -0.39 is 0 Å². The number of rotatable bonds is 7. The molecule has 2 fully saturated rings. The maximum absolute atomic E-state index is 10.6. The fraction of sp³-hybridized carbons (Fsp3) is 0.500. The second kappa shape index (κ2) is 11.0. The van der Waals surface area contributed by atoms with Gasteiger partial charge in [0.1, 0.15) is 11.6 Å². The Hall–Kier alpha value is -2.40. The predicted octanol–water partition coefficient (Wildman–Crippen LogP) is 4.57. The number of carbonyl (C=O) groups is 1. The number of benzene rings is 1. The highest BCUT2D eigenvalue weighted by Crippen LogP contribution is 2.30. The van der Waals surface area contributed by atoms with Crippen molar-refractivity contribution >= 4 is 12.1 Å². The van der Waals surface area contributed by atoms with Gasteiger partial charge in [-0.15, -0.1) is 0 Å².